The highest BCUT2D eigenvalue weighted by molar-refractivity contribution is 6.49. The van der Waals surface area contributed by atoms with Crippen molar-refractivity contribution in [1.29, 1.82) is 0 Å². The Labute approximate surface area is 107 Å². The van der Waals surface area contributed by atoms with Crippen LogP contribution in [0.1, 0.15) is 12.5 Å². The molecule has 0 saturated heterocycles. The van der Waals surface area contributed by atoms with Crippen LogP contribution >= 0.6 is 11.6 Å². The van der Waals surface area contributed by atoms with Gasteiger partial charge in [-0.05, 0) is 19.1 Å². The molecule has 6 heteroatoms. The van der Waals surface area contributed by atoms with E-state index in [1.54, 1.807) is 18.2 Å². The summed E-state index contributed by atoms with van der Waals surface area (Å²) in [5.74, 6) is -2.76. The Morgan fingerprint density at radius 3 is 2.61 bits per heavy atom. The summed E-state index contributed by atoms with van der Waals surface area (Å²) in [6, 6.07) is 6.24. The second kappa shape index (κ2) is 4.48. The van der Waals surface area contributed by atoms with Gasteiger partial charge in [0, 0.05) is 18.2 Å². The van der Waals surface area contributed by atoms with Crippen molar-refractivity contribution in [2.24, 2.45) is 0 Å². The Balaban J connectivity index is 2.52. The van der Waals surface area contributed by atoms with Crippen molar-refractivity contribution in [1.82, 2.24) is 0 Å². The Morgan fingerprint density at radius 2 is 2.00 bits per heavy atom. The molecule has 0 saturated carbocycles. The monoisotopic (exact) mass is 278 g/mol. The largest absolute Gasteiger partial charge is 0.459 e. The second-order valence-corrected chi connectivity index (χ2v) is 4.10. The van der Waals surface area contributed by atoms with Crippen molar-refractivity contribution in [3.63, 3.8) is 0 Å². The van der Waals surface area contributed by atoms with Crippen LogP contribution in [0, 0.1) is 0 Å². The van der Waals surface area contributed by atoms with Crippen LogP contribution in [0.4, 0.5) is 13.2 Å². The lowest BCUT2D eigenvalue weighted by atomic mass is 10.1. The highest BCUT2D eigenvalue weighted by Gasteiger charge is 2.59. The molecule has 0 spiro atoms. The smallest absolute Gasteiger partial charge is 0.449 e. The number of halogens is 4. The van der Waals surface area contributed by atoms with Gasteiger partial charge in [0.25, 0.3) is 0 Å². The van der Waals surface area contributed by atoms with Crippen molar-refractivity contribution in [3.05, 3.63) is 35.9 Å². The number of ether oxygens (including phenoxy) is 2. The highest BCUT2D eigenvalue weighted by Crippen LogP contribution is 2.45. The van der Waals surface area contributed by atoms with E-state index in [2.05, 4.69) is 0 Å². The van der Waals surface area contributed by atoms with E-state index >= 15 is 0 Å². The summed E-state index contributed by atoms with van der Waals surface area (Å²) in [6.07, 6.45) is -3.96. The highest BCUT2D eigenvalue weighted by atomic mass is 35.5. The fourth-order valence-electron chi connectivity index (χ4n) is 1.70. The first-order chi connectivity index (χ1) is 8.39. The first-order valence-corrected chi connectivity index (χ1v) is 5.65. The van der Waals surface area contributed by atoms with Gasteiger partial charge in [-0.25, -0.2) is 0 Å². The summed E-state index contributed by atoms with van der Waals surface area (Å²) in [4.78, 5) is 0. The standard InChI is InChI=1S/C12H10ClF3O2/c1-2-17-11(12(14,15)16)7-9(13)8-5-3-4-6-10(8)18-11/h3-7H,2H2,1H3/t11-/m0/s1. The van der Waals surface area contributed by atoms with E-state index in [0.717, 1.165) is 6.08 Å². The minimum Gasteiger partial charge on any atom is -0.449 e. The van der Waals surface area contributed by atoms with Gasteiger partial charge in [0.2, 0.25) is 0 Å². The van der Waals surface area contributed by atoms with E-state index in [9.17, 15) is 13.2 Å². The van der Waals surface area contributed by atoms with E-state index in [4.69, 9.17) is 21.1 Å². The van der Waals surface area contributed by atoms with Gasteiger partial charge in [-0.15, -0.1) is 0 Å². The molecule has 0 aromatic heterocycles. The predicted octanol–water partition coefficient (Wildman–Crippen LogP) is 3.95. The Kier molecular flexibility index (Phi) is 3.29. The lowest BCUT2D eigenvalue weighted by molar-refractivity contribution is -0.327. The maximum atomic E-state index is 13.1. The van der Waals surface area contributed by atoms with Gasteiger partial charge in [-0.3, -0.25) is 0 Å². The van der Waals surface area contributed by atoms with E-state index in [1.807, 2.05) is 0 Å². The number of hydrogen-bond donors (Lipinski definition) is 0. The van der Waals surface area contributed by atoms with Crippen LogP contribution in [0.2, 0.25) is 0 Å². The summed E-state index contributed by atoms with van der Waals surface area (Å²) < 4.78 is 49.0. The average molecular weight is 279 g/mol. The molecular weight excluding hydrogens is 269 g/mol. The van der Waals surface area contributed by atoms with Gasteiger partial charge < -0.3 is 9.47 Å². The van der Waals surface area contributed by atoms with Crippen LogP contribution in [-0.4, -0.2) is 18.6 Å². The fourth-order valence-corrected chi connectivity index (χ4v) is 2.00. The summed E-state index contributed by atoms with van der Waals surface area (Å²) >= 11 is 5.87. The van der Waals surface area contributed by atoms with E-state index in [-0.39, 0.29) is 17.4 Å². The first kappa shape index (κ1) is 13.2. The Hall–Kier alpha value is -1.20. The van der Waals surface area contributed by atoms with E-state index in [0.29, 0.717) is 5.56 Å². The van der Waals surface area contributed by atoms with Crippen molar-refractivity contribution in [2.45, 2.75) is 18.9 Å². The van der Waals surface area contributed by atoms with Crippen molar-refractivity contribution >= 4 is 16.6 Å². The van der Waals surface area contributed by atoms with Crippen molar-refractivity contribution in [2.75, 3.05) is 6.61 Å². The van der Waals surface area contributed by atoms with E-state index < -0.39 is 12.0 Å². The van der Waals surface area contributed by atoms with Gasteiger partial charge in [0.15, 0.2) is 0 Å². The average Bonchev–Trinajstić information content (AvgIpc) is 2.28. The molecule has 18 heavy (non-hydrogen) atoms. The molecule has 2 rings (SSSR count). The third kappa shape index (κ3) is 2.08. The maximum absolute atomic E-state index is 13.1. The molecule has 1 aromatic carbocycles. The molecule has 0 fully saturated rings. The minimum atomic E-state index is -4.71. The van der Waals surface area contributed by atoms with Crippen molar-refractivity contribution < 1.29 is 22.6 Å². The fraction of sp³-hybridized carbons (Fsp3) is 0.333. The first-order valence-electron chi connectivity index (χ1n) is 5.27. The summed E-state index contributed by atoms with van der Waals surface area (Å²) in [6.45, 7) is 1.31. The summed E-state index contributed by atoms with van der Waals surface area (Å²) in [5, 5.41) is -0.0392. The lowest BCUT2D eigenvalue weighted by Crippen LogP contribution is -2.52. The Bertz CT molecular complexity index is 484. The van der Waals surface area contributed by atoms with Crippen LogP contribution in [0.3, 0.4) is 0 Å². The number of rotatable bonds is 2. The molecule has 1 aliphatic heterocycles. The molecule has 0 N–H and O–H groups in total. The molecule has 1 aliphatic rings. The number of hydrogen-bond acceptors (Lipinski definition) is 2. The lowest BCUT2D eigenvalue weighted by Gasteiger charge is -2.36. The van der Waals surface area contributed by atoms with Gasteiger partial charge in [-0.2, -0.15) is 13.2 Å². The zero-order chi connectivity index (χ0) is 13.4. The number of alkyl halides is 3. The van der Waals surface area contributed by atoms with Crippen LogP contribution in [0.5, 0.6) is 5.75 Å². The normalized spacial score (nSPS) is 23.1. The van der Waals surface area contributed by atoms with Gasteiger partial charge in [0.05, 0.1) is 5.03 Å². The zero-order valence-electron chi connectivity index (χ0n) is 9.42. The molecule has 98 valence electrons. The van der Waals surface area contributed by atoms with E-state index in [1.165, 1.54) is 13.0 Å². The molecule has 1 atom stereocenters. The molecule has 0 amide bonds. The molecule has 1 heterocycles. The third-order valence-electron chi connectivity index (χ3n) is 2.48. The van der Waals surface area contributed by atoms with Crippen molar-refractivity contribution in [3.8, 4) is 5.75 Å². The predicted molar refractivity (Wildman–Crippen MR) is 61.3 cm³/mol. The quantitative estimate of drug-likeness (QED) is 0.815. The maximum Gasteiger partial charge on any atom is 0.459 e. The van der Waals surface area contributed by atoms with Crippen LogP contribution in [0.15, 0.2) is 30.3 Å². The number of fused-ring (bicyclic) bond motifs is 1. The number of benzene rings is 1. The number of para-hydroxylation sites is 1. The van der Waals surface area contributed by atoms with Crippen LogP contribution in [0.25, 0.3) is 5.03 Å². The second-order valence-electron chi connectivity index (χ2n) is 3.69. The van der Waals surface area contributed by atoms with Gasteiger partial charge in [0.1, 0.15) is 5.75 Å². The Morgan fingerprint density at radius 1 is 1.33 bits per heavy atom. The molecule has 0 aliphatic carbocycles. The molecular formula is C12H10ClF3O2. The SMILES string of the molecule is CCO[C@@]1(C(F)(F)F)C=C(Cl)c2ccccc2O1. The summed E-state index contributed by atoms with van der Waals surface area (Å²) in [5.41, 5.74) is 0.416. The molecule has 1 aromatic rings. The zero-order valence-corrected chi connectivity index (χ0v) is 10.2. The van der Waals surface area contributed by atoms with Gasteiger partial charge >= 0.3 is 12.0 Å². The molecule has 2 nitrogen and oxygen atoms in total. The minimum absolute atomic E-state index is 0.0392. The molecule has 0 bridgehead atoms. The van der Waals surface area contributed by atoms with Crippen LogP contribution in [-0.2, 0) is 4.74 Å². The van der Waals surface area contributed by atoms with Gasteiger partial charge in [-0.1, -0.05) is 23.7 Å². The molecule has 0 unspecified atom stereocenters. The third-order valence-corrected chi connectivity index (χ3v) is 2.79. The topological polar surface area (TPSA) is 18.5 Å². The molecule has 0 radical (unpaired) electrons. The summed E-state index contributed by atoms with van der Waals surface area (Å²) in [7, 11) is 0. The van der Waals surface area contributed by atoms with Crippen LogP contribution < -0.4 is 4.74 Å².